The molecule has 0 aromatic heterocycles. The lowest BCUT2D eigenvalue weighted by atomic mass is 9.97. The lowest BCUT2D eigenvalue weighted by Gasteiger charge is -2.38. The van der Waals surface area contributed by atoms with Crippen LogP contribution in [0.4, 0.5) is 43.9 Å². The van der Waals surface area contributed by atoms with Crippen LogP contribution in [0, 0.1) is 0 Å². The van der Waals surface area contributed by atoms with Gasteiger partial charge in [0.1, 0.15) is 0 Å². The normalized spacial score (nSPS) is 13.7. The average molecular weight is 596 g/mol. The first kappa shape index (κ1) is 37.1. The van der Waals surface area contributed by atoms with Crippen molar-refractivity contribution in [3.63, 3.8) is 0 Å². The largest absolute Gasteiger partial charge is 0.393 e. The van der Waals surface area contributed by atoms with Crippen LogP contribution in [0.1, 0.15) is 110 Å². The molecule has 0 aromatic carbocycles. The van der Waals surface area contributed by atoms with Crippen molar-refractivity contribution in [2.45, 2.75) is 139 Å². The van der Waals surface area contributed by atoms with Crippen LogP contribution in [-0.2, 0) is 4.79 Å². The molecule has 228 valence electrons. The zero-order valence-electron chi connectivity index (χ0n) is 22.0. The highest BCUT2D eigenvalue weighted by molar-refractivity contribution is 6.22. The van der Waals surface area contributed by atoms with E-state index in [0.29, 0.717) is 19.9 Å². The fraction of sp³-hybridized carbons (Fsp3) is 0.960. The van der Waals surface area contributed by atoms with Crippen LogP contribution in [-0.4, -0.2) is 53.5 Å². The van der Waals surface area contributed by atoms with E-state index in [1.54, 1.807) is 0 Å². The van der Waals surface area contributed by atoms with E-state index < -0.39 is 41.5 Å². The molecule has 13 heteroatoms. The minimum absolute atomic E-state index is 0.00915. The summed E-state index contributed by atoms with van der Waals surface area (Å²) in [5.41, 5.74) is 0. The zero-order valence-corrected chi connectivity index (χ0v) is 22.8. The Morgan fingerprint density at radius 1 is 0.553 bits per heavy atom. The van der Waals surface area contributed by atoms with Crippen molar-refractivity contribution < 1.29 is 48.7 Å². The predicted octanol–water partition coefficient (Wildman–Crippen LogP) is 10.1. The first-order valence-electron chi connectivity index (χ1n) is 13.2. The number of carbonyl (C=O) groups excluding carboxylic acids is 1. The third-order valence-corrected chi connectivity index (χ3v) is 6.74. The van der Waals surface area contributed by atoms with Gasteiger partial charge >= 0.3 is 29.1 Å². The molecule has 0 N–H and O–H groups in total. The molecule has 1 amide bonds. The van der Waals surface area contributed by atoms with E-state index >= 15 is 0 Å². The molecule has 0 aliphatic rings. The molecule has 0 aromatic rings. The number of nitrogens with zero attached hydrogens (tertiary/aromatic N) is 1. The molecule has 0 atom stereocenters. The summed E-state index contributed by atoms with van der Waals surface area (Å²) in [7, 11) is 0.601. The van der Waals surface area contributed by atoms with Crippen molar-refractivity contribution >= 4 is 17.5 Å². The summed E-state index contributed by atoms with van der Waals surface area (Å²) in [5, 5.41) is -6.28. The molecule has 2 nitrogen and oxygen atoms in total. The van der Waals surface area contributed by atoms with Gasteiger partial charge in [-0.3, -0.25) is 4.79 Å². The summed E-state index contributed by atoms with van der Waals surface area (Å²) < 4.78 is 134. The van der Waals surface area contributed by atoms with E-state index in [-0.39, 0.29) is 11.3 Å². The molecule has 0 radical (unpaired) electrons. The molecule has 38 heavy (non-hydrogen) atoms. The number of alkyl halides is 11. The maximum absolute atomic E-state index is 13.9. The highest BCUT2D eigenvalue weighted by Crippen LogP contribution is 2.58. The molecule has 0 aliphatic carbocycles. The molecule has 0 saturated carbocycles. The van der Waals surface area contributed by atoms with Crippen LogP contribution in [0.2, 0.25) is 0 Å². The Labute approximate surface area is 223 Å². The fourth-order valence-corrected chi connectivity index (χ4v) is 4.06. The number of carbonyl (C=O) groups is 1. The second-order valence-electron chi connectivity index (χ2n) is 9.83. The van der Waals surface area contributed by atoms with Crippen molar-refractivity contribution in [2.75, 3.05) is 13.6 Å². The van der Waals surface area contributed by atoms with Gasteiger partial charge < -0.3 is 4.90 Å². The minimum atomic E-state index is -7.33. The molecular formula is C25H40ClF10NO. The standard InChI is InChI=1S/C25H40ClF10NO/c1-3-4-5-6-7-8-9-10-11-12-13-14-15-16-17-18-19-37(2)20(38)21(27,28)22(29,30)23(31,32)24(33,34)25(26,35)36/h3-19H2,1-2H3. The van der Waals surface area contributed by atoms with Crippen molar-refractivity contribution in [1.82, 2.24) is 4.90 Å². The first-order valence-corrected chi connectivity index (χ1v) is 13.6. The van der Waals surface area contributed by atoms with E-state index in [4.69, 9.17) is 0 Å². The molecule has 0 bridgehead atoms. The maximum Gasteiger partial charge on any atom is 0.393 e. The minimum Gasteiger partial charge on any atom is -0.340 e. The average Bonchev–Trinajstić information content (AvgIpc) is 2.81. The Kier molecular flexibility index (Phi) is 16.0. The summed E-state index contributed by atoms with van der Waals surface area (Å²) in [6.07, 6.45) is 16.2. The Hall–Kier alpha value is -0.940. The number of halogens is 11. The molecule has 0 unspecified atom stereocenters. The van der Waals surface area contributed by atoms with Crippen molar-refractivity contribution in [2.24, 2.45) is 0 Å². The van der Waals surface area contributed by atoms with Gasteiger partial charge in [-0.2, -0.15) is 43.9 Å². The Morgan fingerprint density at radius 2 is 0.868 bits per heavy atom. The Bertz CT molecular complexity index is 671. The van der Waals surface area contributed by atoms with Gasteiger partial charge in [0.2, 0.25) is 0 Å². The number of rotatable bonds is 22. The molecular weight excluding hydrogens is 556 g/mol. The third-order valence-electron chi connectivity index (χ3n) is 6.50. The first-order chi connectivity index (χ1) is 17.4. The van der Waals surface area contributed by atoms with Gasteiger partial charge in [-0.15, -0.1) is 0 Å². The fourth-order valence-electron chi connectivity index (χ4n) is 3.94. The van der Waals surface area contributed by atoms with Crippen LogP contribution < -0.4 is 0 Å². The predicted molar refractivity (Wildman–Crippen MR) is 128 cm³/mol. The van der Waals surface area contributed by atoms with Crippen LogP contribution in [0.15, 0.2) is 0 Å². The molecule has 0 saturated heterocycles. The smallest absolute Gasteiger partial charge is 0.340 e. The van der Waals surface area contributed by atoms with Crippen molar-refractivity contribution in [3.8, 4) is 0 Å². The highest BCUT2D eigenvalue weighted by atomic mass is 35.5. The summed E-state index contributed by atoms with van der Waals surface area (Å²) in [6, 6.07) is 0. The van der Waals surface area contributed by atoms with Gasteiger partial charge in [0.05, 0.1) is 0 Å². The van der Waals surface area contributed by atoms with Crippen LogP contribution in [0.5, 0.6) is 0 Å². The van der Waals surface area contributed by atoms with Gasteiger partial charge in [-0.25, -0.2) is 0 Å². The van der Waals surface area contributed by atoms with E-state index in [1.165, 1.54) is 51.4 Å². The molecule has 0 heterocycles. The zero-order chi connectivity index (χ0) is 29.7. The van der Waals surface area contributed by atoms with Crippen molar-refractivity contribution in [1.29, 1.82) is 0 Å². The topological polar surface area (TPSA) is 20.3 Å². The van der Waals surface area contributed by atoms with Gasteiger partial charge in [0, 0.05) is 13.6 Å². The van der Waals surface area contributed by atoms with Gasteiger partial charge in [-0.1, -0.05) is 103 Å². The maximum atomic E-state index is 13.9. The molecule has 0 fully saturated rings. The summed E-state index contributed by atoms with van der Waals surface area (Å²) in [4.78, 5) is 11.7. The van der Waals surface area contributed by atoms with E-state index in [0.717, 1.165) is 32.1 Å². The summed E-state index contributed by atoms with van der Waals surface area (Å²) in [5.74, 6) is -30.8. The molecule has 0 rings (SSSR count). The number of amides is 1. The van der Waals surface area contributed by atoms with Crippen LogP contribution >= 0.6 is 11.6 Å². The van der Waals surface area contributed by atoms with Crippen LogP contribution in [0.25, 0.3) is 0 Å². The third kappa shape index (κ3) is 10.2. The Balaban J connectivity index is 4.31. The molecule has 0 spiro atoms. The SMILES string of the molecule is CCCCCCCCCCCCCCCCCCN(C)C(=O)C(F)(F)C(F)(F)C(F)(F)C(F)(F)C(F)(F)Cl. The quantitative estimate of drug-likeness (QED) is 0.0693. The van der Waals surface area contributed by atoms with Crippen LogP contribution in [0.3, 0.4) is 0 Å². The van der Waals surface area contributed by atoms with E-state index in [9.17, 15) is 48.7 Å². The highest BCUT2D eigenvalue weighted by Gasteiger charge is 2.87. The van der Waals surface area contributed by atoms with Gasteiger partial charge in [0.25, 0.3) is 5.91 Å². The Morgan fingerprint density at radius 3 is 1.18 bits per heavy atom. The van der Waals surface area contributed by atoms with E-state index in [2.05, 4.69) is 18.5 Å². The number of hydrogen-bond donors (Lipinski definition) is 0. The van der Waals surface area contributed by atoms with Crippen molar-refractivity contribution in [3.05, 3.63) is 0 Å². The van der Waals surface area contributed by atoms with Gasteiger partial charge in [0.15, 0.2) is 0 Å². The molecule has 0 aliphatic heterocycles. The number of unbranched alkanes of at least 4 members (excludes halogenated alkanes) is 15. The summed E-state index contributed by atoms with van der Waals surface area (Å²) >= 11 is 3.75. The van der Waals surface area contributed by atoms with Gasteiger partial charge in [-0.05, 0) is 18.0 Å². The monoisotopic (exact) mass is 595 g/mol. The number of hydrogen-bond acceptors (Lipinski definition) is 1. The summed E-state index contributed by atoms with van der Waals surface area (Å²) in [6.45, 7) is 1.64. The second kappa shape index (κ2) is 16.4. The van der Waals surface area contributed by atoms with E-state index in [1.807, 2.05) is 0 Å². The second-order valence-corrected chi connectivity index (χ2v) is 10.3. The lowest BCUT2D eigenvalue weighted by Crippen LogP contribution is -2.69. The lowest BCUT2D eigenvalue weighted by molar-refractivity contribution is -0.383.